The van der Waals surface area contributed by atoms with Gasteiger partial charge in [0.25, 0.3) is 0 Å². The molecule has 0 aliphatic rings. The first-order valence-electron chi connectivity index (χ1n) is 9.10. The molecule has 0 unspecified atom stereocenters. The standard InChI is InChI=1S/C23H20FNOS/c1-3-15-13-21(25-20-9-8-17(24)14-19(15)20)23-11-10-22(27-23)16-6-5-7-18(12-16)26-4-2/h5-14H,3-4H2,1-2H3. The number of nitrogens with zero attached hydrogens (tertiary/aromatic N) is 1. The van der Waals surface area contributed by atoms with Crippen molar-refractivity contribution in [2.75, 3.05) is 6.61 Å². The molecule has 136 valence electrons. The van der Waals surface area contributed by atoms with Crippen LogP contribution in [0.5, 0.6) is 5.75 Å². The zero-order chi connectivity index (χ0) is 18.8. The highest BCUT2D eigenvalue weighted by Crippen LogP contribution is 2.36. The summed E-state index contributed by atoms with van der Waals surface area (Å²) < 4.78 is 19.2. The Hall–Kier alpha value is -2.72. The number of thiophene rings is 1. The highest BCUT2D eigenvalue weighted by atomic mass is 32.1. The molecular weight excluding hydrogens is 357 g/mol. The van der Waals surface area contributed by atoms with Crippen molar-refractivity contribution >= 4 is 22.2 Å². The van der Waals surface area contributed by atoms with Crippen LogP contribution in [0.2, 0.25) is 0 Å². The molecule has 0 radical (unpaired) electrons. The number of rotatable bonds is 5. The Morgan fingerprint density at radius 3 is 2.63 bits per heavy atom. The predicted molar refractivity (Wildman–Crippen MR) is 111 cm³/mol. The fourth-order valence-electron chi connectivity index (χ4n) is 3.22. The van der Waals surface area contributed by atoms with E-state index in [1.165, 1.54) is 10.9 Å². The lowest BCUT2D eigenvalue weighted by Gasteiger charge is -2.07. The van der Waals surface area contributed by atoms with Crippen LogP contribution in [0.25, 0.3) is 31.9 Å². The first-order chi connectivity index (χ1) is 13.2. The largest absolute Gasteiger partial charge is 0.494 e. The topological polar surface area (TPSA) is 22.1 Å². The summed E-state index contributed by atoms with van der Waals surface area (Å²) in [6, 6.07) is 19.2. The lowest BCUT2D eigenvalue weighted by atomic mass is 10.0. The second-order valence-electron chi connectivity index (χ2n) is 6.31. The molecule has 0 atom stereocenters. The summed E-state index contributed by atoms with van der Waals surface area (Å²) in [7, 11) is 0. The van der Waals surface area contributed by atoms with E-state index in [4.69, 9.17) is 9.72 Å². The van der Waals surface area contributed by atoms with Gasteiger partial charge in [0.1, 0.15) is 11.6 Å². The van der Waals surface area contributed by atoms with Crippen molar-refractivity contribution < 1.29 is 9.13 Å². The fraction of sp³-hybridized carbons (Fsp3) is 0.174. The summed E-state index contributed by atoms with van der Waals surface area (Å²) in [5.74, 6) is 0.656. The third kappa shape index (κ3) is 3.58. The molecule has 0 saturated heterocycles. The van der Waals surface area contributed by atoms with Gasteiger partial charge in [0.05, 0.1) is 22.7 Å². The van der Waals surface area contributed by atoms with Gasteiger partial charge in [-0.1, -0.05) is 19.1 Å². The number of benzene rings is 2. The van der Waals surface area contributed by atoms with Crippen molar-refractivity contribution in [1.82, 2.24) is 4.98 Å². The van der Waals surface area contributed by atoms with Crippen LogP contribution in [0.4, 0.5) is 4.39 Å². The third-order valence-corrected chi connectivity index (χ3v) is 5.68. The molecule has 0 N–H and O–H groups in total. The van der Waals surface area contributed by atoms with E-state index < -0.39 is 0 Å². The second kappa shape index (κ2) is 7.49. The summed E-state index contributed by atoms with van der Waals surface area (Å²) in [6.07, 6.45) is 0.837. The number of ether oxygens (including phenoxy) is 1. The van der Waals surface area contributed by atoms with Crippen LogP contribution in [0.15, 0.2) is 60.7 Å². The maximum atomic E-state index is 13.6. The SMILES string of the molecule is CCOc1cccc(-c2ccc(-c3cc(CC)c4cc(F)ccc4n3)s2)c1. The Bertz CT molecular complexity index is 1100. The van der Waals surface area contributed by atoms with Crippen molar-refractivity contribution in [3.05, 3.63) is 72.0 Å². The molecule has 2 heterocycles. The highest BCUT2D eigenvalue weighted by molar-refractivity contribution is 7.18. The van der Waals surface area contributed by atoms with Gasteiger partial charge in [-0.05, 0) is 73.0 Å². The molecule has 2 nitrogen and oxygen atoms in total. The Balaban J connectivity index is 1.75. The summed E-state index contributed by atoms with van der Waals surface area (Å²) in [6.45, 7) is 4.72. The second-order valence-corrected chi connectivity index (χ2v) is 7.39. The maximum Gasteiger partial charge on any atom is 0.123 e. The molecule has 27 heavy (non-hydrogen) atoms. The maximum absolute atomic E-state index is 13.6. The summed E-state index contributed by atoms with van der Waals surface area (Å²) in [5.41, 5.74) is 4.01. The number of pyridine rings is 1. The normalized spacial score (nSPS) is 11.1. The van der Waals surface area contributed by atoms with Gasteiger partial charge in [-0.3, -0.25) is 0 Å². The predicted octanol–water partition coefficient (Wildman–Crippen LogP) is 6.73. The molecule has 2 aromatic heterocycles. The minimum Gasteiger partial charge on any atom is -0.494 e. The van der Waals surface area contributed by atoms with Crippen LogP contribution < -0.4 is 4.74 Å². The monoisotopic (exact) mass is 377 g/mol. The van der Waals surface area contributed by atoms with E-state index in [0.717, 1.165) is 44.8 Å². The summed E-state index contributed by atoms with van der Waals surface area (Å²) >= 11 is 1.70. The fourth-order valence-corrected chi connectivity index (χ4v) is 4.19. The van der Waals surface area contributed by atoms with Crippen molar-refractivity contribution in [3.8, 4) is 26.8 Å². The first kappa shape index (κ1) is 17.7. The van der Waals surface area contributed by atoms with Gasteiger partial charge in [0, 0.05) is 10.3 Å². The highest BCUT2D eigenvalue weighted by Gasteiger charge is 2.11. The lowest BCUT2D eigenvalue weighted by Crippen LogP contribution is -1.91. The van der Waals surface area contributed by atoms with Gasteiger partial charge in [-0.15, -0.1) is 11.3 Å². The van der Waals surface area contributed by atoms with Crippen LogP contribution in [-0.2, 0) is 6.42 Å². The molecule has 4 aromatic rings. The van der Waals surface area contributed by atoms with Crippen LogP contribution >= 0.6 is 11.3 Å². The van der Waals surface area contributed by atoms with Crippen LogP contribution in [-0.4, -0.2) is 11.6 Å². The Kier molecular flexibility index (Phi) is 4.90. The molecule has 0 aliphatic heterocycles. The number of halogens is 1. The number of hydrogen-bond acceptors (Lipinski definition) is 3. The van der Waals surface area contributed by atoms with E-state index >= 15 is 0 Å². The smallest absolute Gasteiger partial charge is 0.123 e. The van der Waals surface area contributed by atoms with Crippen LogP contribution in [0.1, 0.15) is 19.4 Å². The van der Waals surface area contributed by atoms with Gasteiger partial charge in [-0.25, -0.2) is 9.37 Å². The minimum atomic E-state index is -0.223. The number of aromatic nitrogens is 1. The number of hydrogen-bond donors (Lipinski definition) is 0. The molecule has 0 amide bonds. The van der Waals surface area contributed by atoms with E-state index in [9.17, 15) is 4.39 Å². The van der Waals surface area contributed by atoms with Crippen molar-refractivity contribution in [3.63, 3.8) is 0 Å². The zero-order valence-electron chi connectivity index (χ0n) is 15.3. The van der Waals surface area contributed by atoms with Crippen molar-refractivity contribution in [2.45, 2.75) is 20.3 Å². The molecule has 0 bridgehead atoms. The van der Waals surface area contributed by atoms with Gasteiger partial charge in [0.15, 0.2) is 0 Å². The van der Waals surface area contributed by atoms with E-state index in [1.807, 2.05) is 19.1 Å². The molecule has 4 rings (SSSR count). The Morgan fingerprint density at radius 1 is 0.963 bits per heavy atom. The number of fused-ring (bicyclic) bond motifs is 1. The third-order valence-electron chi connectivity index (χ3n) is 4.53. The molecule has 2 aromatic carbocycles. The Labute approximate surface area is 162 Å². The quantitative estimate of drug-likeness (QED) is 0.385. The van der Waals surface area contributed by atoms with Gasteiger partial charge in [-0.2, -0.15) is 0 Å². The van der Waals surface area contributed by atoms with E-state index in [-0.39, 0.29) is 5.82 Å². The Morgan fingerprint density at radius 2 is 1.81 bits per heavy atom. The number of aryl methyl sites for hydroxylation is 1. The molecule has 0 saturated carbocycles. The lowest BCUT2D eigenvalue weighted by molar-refractivity contribution is 0.340. The van der Waals surface area contributed by atoms with Crippen molar-refractivity contribution in [2.24, 2.45) is 0 Å². The first-order valence-corrected chi connectivity index (χ1v) is 9.92. The van der Waals surface area contributed by atoms with Crippen LogP contribution in [0, 0.1) is 5.82 Å². The van der Waals surface area contributed by atoms with Crippen molar-refractivity contribution in [1.29, 1.82) is 0 Å². The van der Waals surface area contributed by atoms with E-state index in [2.05, 4.69) is 37.3 Å². The van der Waals surface area contributed by atoms with E-state index in [0.29, 0.717) is 6.61 Å². The average Bonchev–Trinajstić information content (AvgIpc) is 3.18. The molecular formula is C23H20FNOS. The summed E-state index contributed by atoms with van der Waals surface area (Å²) in [4.78, 5) is 7.04. The van der Waals surface area contributed by atoms with Gasteiger partial charge < -0.3 is 4.74 Å². The molecule has 0 fully saturated rings. The minimum absolute atomic E-state index is 0.223. The zero-order valence-corrected chi connectivity index (χ0v) is 16.1. The average molecular weight is 377 g/mol. The van der Waals surface area contributed by atoms with Gasteiger partial charge >= 0.3 is 0 Å². The summed E-state index contributed by atoms with van der Waals surface area (Å²) in [5, 5.41) is 0.891. The van der Waals surface area contributed by atoms with Crippen LogP contribution in [0.3, 0.4) is 0 Å². The van der Waals surface area contributed by atoms with E-state index in [1.54, 1.807) is 23.5 Å². The molecule has 0 aliphatic carbocycles. The van der Waals surface area contributed by atoms with Gasteiger partial charge in [0.2, 0.25) is 0 Å². The molecule has 4 heteroatoms. The molecule has 0 spiro atoms.